The van der Waals surface area contributed by atoms with E-state index in [1.165, 1.54) is 7.11 Å². The van der Waals surface area contributed by atoms with E-state index in [1.54, 1.807) is 13.8 Å². The number of carbonyl (C=O) groups is 2. The topological polar surface area (TPSA) is 75.6 Å². The number of hydrogen-bond acceptors (Lipinski definition) is 3. The second kappa shape index (κ2) is 7.16. The van der Waals surface area contributed by atoms with Crippen LogP contribution in [0.2, 0.25) is 0 Å². The van der Waals surface area contributed by atoms with Crippen molar-refractivity contribution in [2.45, 2.75) is 39.2 Å². The molecular weight excluding hydrogens is 234 g/mol. The maximum atomic E-state index is 11.9. The summed E-state index contributed by atoms with van der Waals surface area (Å²) in [5.74, 6) is -1.38. The summed E-state index contributed by atoms with van der Waals surface area (Å²) in [5, 5.41) is 11.6. The van der Waals surface area contributed by atoms with E-state index in [1.807, 2.05) is 6.92 Å². The lowest BCUT2D eigenvalue weighted by Gasteiger charge is -2.30. The van der Waals surface area contributed by atoms with Crippen LogP contribution in [-0.2, 0) is 14.3 Å². The Balaban J connectivity index is 4.62. The molecule has 0 radical (unpaired) electrons. The maximum absolute atomic E-state index is 11.9. The summed E-state index contributed by atoms with van der Waals surface area (Å²) >= 11 is 0. The van der Waals surface area contributed by atoms with Crippen LogP contribution in [-0.4, -0.2) is 36.2 Å². The molecule has 0 aliphatic rings. The summed E-state index contributed by atoms with van der Waals surface area (Å²) in [7, 11) is 1.48. The van der Waals surface area contributed by atoms with Crippen LogP contribution in [0.15, 0.2) is 12.2 Å². The smallest absolute Gasteiger partial charge is 0.305 e. The Morgan fingerprint density at radius 3 is 2.44 bits per heavy atom. The highest BCUT2D eigenvalue weighted by molar-refractivity contribution is 5.80. The first-order valence-electron chi connectivity index (χ1n) is 5.87. The Kier molecular flexibility index (Phi) is 6.62. The monoisotopic (exact) mass is 257 g/mol. The predicted molar refractivity (Wildman–Crippen MR) is 69.3 cm³/mol. The molecule has 0 spiro atoms. The molecule has 104 valence electrons. The minimum Gasteiger partial charge on any atom is -0.481 e. The molecule has 2 atom stereocenters. The van der Waals surface area contributed by atoms with Gasteiger partial charge in [-0.3, -0.25) is 9.59 Å². The molecular formula is C13H23NO4. The van der Waals surface area contributed by atoms with Crippen molar-refractivity contribution in [1.82, 2.24) is 5.32 Å². The fourth-order valence-electron chi connectivity index (χ4n) is 1.82. The standard InChI is InChI=1S/C13H23NO4/c1-9(2)6-10(3)12(17)14-13(4,8-18-5)7-11(15)16/h10H,1,6-8H2,2-5H3,(H,14,17)(H,15,16). The van der Waals surface area contributed by atoms with E-state index in [0.29, 0.717) is 6.42 Å². The Hall–Kier alpha value is -1.36. The summed E-state index contributed by atoms with van der Waals surface area (Å²) in [6.45, 7) is 9.23. The van der Waals surface area contributed by atoms with Gasteiger partial charge >= 0.3 is 5.97 Å². The van der Waals surface area contributed by atoms with Crippen LogP contribution in [0, 0.1) is 5.92 Å². The lowest BCUT2D eigenvalue weighted by atomic mass is 9.96. The van der Waals surface area contributed by atoms with Gasteiger partial charge in [-0.25, -0.2) is 0 Å². The van der Waals surface area contributed by atoms with Crippen molar-refractivity contribution in [2.24, 2.45) is 5.92 Å². The van der Waals surface area contributed by atoms with Crippen LogP contribution in [0.1, 0.15) is 33.6 Å². The molecule has 0 heterocycles. The average molecular weight is 257 g/mol. The molecule has 0 bridgehead atoms. The first kappa shape index (κ1) is 16.6. The van der Waals surface area contributed by atoms with E-state index in [9.17, 15) is 9.59 Å². The minimum absolute atomic E-state index is 0.158. The van der Waals surface area contributed by atoms with Crippen molar-refractivity contribution in [3.8, 4) is 0 Å². The van der Waals surface area contributed by atoms with Crippen LogP contribution in [0.5, 0.6) is 0 Å². The predicted octanol–water partition coefficient (Wildman–Crippen LogP) is 1.58. The van der Waals surface area contributed by atoms with Gasteiger partial charge in [0.1, 0.15) is 0 Å². The zero-order valence-electron chi connectivity index (χ0n) is 11.6. The third-order valence-corrected chi connectivity index (χ3v) is 2.53. The number of rotatable bonds is 8. The van der Waals surface area contributed by atoms with Gasteiger partial charge in [-0.1, -0.05) is 12.5 Å². The first-order valence-corrected chi connectivity index (χ1v) is 5.87. The van der Waals surface area contributed by atoms with E-state index in [2.05, 4.69) is 11.9 Å². The molecule has 0 saturated carbocycles. The molecule has 18 heavy (non-hydrogen) atoms. The van der Waals surface area contributed by atoms with Crippen molar-refractivity contribution >= 4 is 11.9 Å². The molecule has 2 N–H and O–H groups in total. The van der Waals surface area contributed by atoms with Crippen molar-refractivity contribution in [3.63, 3.8) is 0 Å². The zero-order chi connectivity index (χ0) is 14.3. The number of ether oxygens (including phenoxy) is 1. The average Bonchev–Trinajstić information content (AvgIpc) is 2.14. The van der Waals surface area contributed by atoms with Gasteiger partial charge in [0.15, 0.2) is 0 Å². The summed E-state index contributed by atoms with van der Waals surface area (Å²) in [4.78, 5) is 22.7. The van der Waals surface area contributed by atoms with Crippen LogP contribution in [0.25, 0.3) is 0 Å². The van der Waals surface area contributed by atoms with Crippen molar-refractivity contribution < 1.29 is 19.4 Å². The molecule has 0 aliphatic heterocycles. The third kappa shape index (κ3) is 6.39. The number of allylic oxidation sites excluding steroid dienone is 1. The Bertz CT molecular complexity index is 327. The Morgan fingerprint density at radius 1 is 1.50 bits per heavy atom. The molecule has 0 aromatic rings. The number of carbonyl (C=O) groups excluding carboxylic acids is 1. The summed E-state index contributed by atoms with van der Waals surface area (Å²) in [5.41, 5.74) is 0.0328. The van der Waals surface area contributed by atoms with Gasteiger partial charge in [0, 0.05) is 13.0 Å². The lowest BCUT2D eigenvalue weighted by Crippen LogP contribution is -2.52. The molecule has 0 aliphatic carbocycles. The van der Waals surface area contributed by atoms with Crippen molar-refractivity contribution in [2.75, 3.05) is 13.7 Å². The summed E-state index contributed by atoms with van der Waals surface area (Å²) in [6, 6.07) is 0. The Morgan fingerprint density at radius 2 is 2.06 bits per heavy atom. The van der Waals surface area contributed by atoms with Crippen LogP contribution < -0.4 is 5.32 Å². The quantitative estimate of drug-likeness (QED) is 0.647. The normalized spacial score (nSPS) is 15.6. The van der Waals surface area contributed by atoms with Gasteiger partial charge in [-0.05, 0) is 20.3 Å². The van der Waals surface area contributed by atoms with E-state index in [4.69, 9.17) is 9.84 Å². The maximum Gasteiger partial charge on any atom is 0.305 e. The van der Waals surface area contributed by atoms with E-state index >= 15 is 0 Å². The summed E-state index contributed by atoms with van der Waals surface area (Å²) < 4.78 is 4.97. The van der Waals surface area contributed by atoms with Gasteiger partial charge in [0.05, 0.1) is 18.6 Å². The zero-order valence-corrected chi connectivity index (χ0v) is 11.6. The number of nitrogens with one attached hydrogen (secondary N) is 1. The van der Waals surface area contributed by atoms with Crippen molar-refractivity contribution in [1.29, 1.82) is 0 Å². The highest BCUT2D eigenvalue weighted by Crippen LogP contribution is 2.14. The SMILES string of the molecule is C=C(C)CC(C)C(=O)NC(C)(COC)CC(=O)O. The molecule has 5 heteroatoms. The number of carboxylic acids is 1. The molecule has 2 unspecified atom stereocenters. The van der Waals surface area contributed by atoms with Gasteiger partial charge in [-0.2, -0.15) is 0 Å². The van der Waals surface area contributed by atoms with Gasteiger partial charge in [-0.15, -0.1) is 6.58 Å². The van der Waals surface area contributed by atoms with Gasteiger partial charge < -0.3 is 15.2 Å². The first-order chi connectivity index (χ1) is 8.20. The van der Waals surface area contributed by atoms with E-state index in [0.717, 1.165) is 5.57 Å². The molecule has 5 nitrogen and oxygen atoms in total. The lowest BCUT2D eigenvalue weighted by molar-refractivity contribution is -0.140. The number of methoxy groups -OCH3 is 1. The van der Waals surface area contributed by atoms with E-state index < -0.39 is 11.5 Å². The fraction of sp³-hybridized carbons (Fsp3) is 0.692. The van der Waals surface area contributed by atoms with Crippen molar-refractivity contribution in [3.05, 3.63) is 12.2 Å². The minimum atomic E-state index is -0.970. The number of hydrogen-bond donors (Lipinski definition) is 2. The van der Waals surface area contributed by atoms with Gasteiger partial charge in [0.25, 0.3) is 0 Å². The van der Waals surface area contributed by atoms with Crippen LogP contribution >= 0.6 is 0 Å². The number of aliphatic carboxylic acids is 1. The highest BCUT2D eigenvalue weighted by atomic mass is 16.5. The molecule has 0 saturated heterocycles. The third-order valence-electron chi connectivity index (χ3n) is 2.53. The van der Waals surface area contributed by atoms with Crippen LogP contribution in [0.3, 0.4) is 0 Å². The summed E-state index contributed by atoms with van der Waals surface area (Å²) in [6.07, 6.45) is 0.411. The van der Waals surface area contributed by atoms with E-state index in [-0.39, 0.29) is 24.9 Å². The number of carboxylic acid groups (broad SMARTS) is 1. The molecule has 0 fully saturated rings. The molecule has 1 amide bonds. The number of amides is 1. The van der Waals surface area contributed by atoms with Gasteiger partial charge in [0.2, 0.25) is 5.91 Å². The van der Waals surface area contributed by atoms with Crippen LogP contribution in [0.4, 0.5) is 0 Å². The molecule has 0 aromatic carbocycles. The Labute approximate surface area is 108 Å². The second-order valence-corrected chi connectivity index (χ2v) is 5.12. The fourth-order valence-corrected chi connectivity index (χ4v) is 1.82. The molecule has 0 aromatic heterocycles. The largest absolute Gasteiger partial charge is 0.481 e. The molecule has 0 rings (SSSR count). The highest BCUT2D eigenvalue weighted by Gasteiger charge is 2.30. The second-order valence-electron chi connectivity index (χ2n) is 5.12.